The maximum Gasteiger partial charge on any atom is 0.00613 e. The second kappa shape index (κ2) is 4.58. The summed E-state index contributed by atoms with van der Waals surface area (Å²) in [6.07, 6.45) is 6.85. The Labute approximate surface area is 103 Å². The number of allylic oxidation sites excluding steroid dienone is 2. The van der Waals surface area contributed by atoms with E-state index < -0.39 is 0 Å². The molecule has 3 rings (SSSR count). The van der Waals surface area contributed by atoms with Crippen molar-refractivity contribution in [1.29, 1.82) is 0 Å². The van der Waals surface area contributed by atoms with Crippen LogP contribution in [0.1, 0.15) is 22.6 Å². The Morgan fingerprint density at radius 1 is 0.882 bits per heavy atom. The first-order chi connectivity index (χ1) is 8.43. The fraction of sp³-hybridized carbons (Fsp3) is 0.176. The number of rotatable bonds is 2. The number of hydrogen-bond donors (Lipinski definition) is 0. The summed E-state index contributed by atoms with van der Waals surface area (Å²) < 4.78 is 0. The Morgan fingerprint density at radius 2 is 1.65 bits per heavy atom. The first kappa shape index (κ1) is 10.3. The van der Waals surface area contributed by atoms with Crippen LogP contribution in [0.3, 0.4) is 0 Å². The average molecular weight is 220 g/mol. The van der Waals surface area contributed by atoms with Crippen molar-refractivity contribution < 1.29 is 0 Å². The van der Waals surface area contributed by atoms with E-state index in [-0.39, 0.29) is 0 Å². The van der Waals surface area contributed by atoms with Crippen molar-refractivity contribution in [2.24, 2.45) is 0 Å². The smallest absolute Gasteiger partial charge is 0.00613 e. The minimum atomic E-state index is 0.544. The van der Waals surface area contributed by atoms with E-state index in [4.69, 9.17) is 0 Å². The van der Waals surface area contributed by atoms with Crippen LogP contribution < -0.4 is 0 Å². The van der Waals surface area contributed by atoms with Crippen LogP contribution in [0.15, 0.2) is 66.7 Å². The van der Waals surface area contributed by atoms with Crippen LogP contribution in [0, 0.1) is 0 Å². The fourth-order valence-corrected chi connectivity index (χ4v) is 2.59. The van der Waals surface area contributed by atoms with E-state index >= 15 is 0 Å². The molecule has 0 aliphatic heterocycles. The maximum absolute atomic E-state index is 2.36. The second-order valence-electron chi connectivity index (χ2n) is 4.63. The molecule has 0 nitrogen and oxygen atoms in total. The molecule has 0 saturated heterocycles. The highest BCUT2D eigenvalue weighted by Gasteiger charge is 2.15. The van der Waals surface area contributed by atoms with Gasteiger partial charge in [0.15, 0.2) is 0 Å². The molecule has 1 unspecified atom stereocenters. The first-order valence-electron chi connectivity index (χ1n) is 6.22. The summed E-state index contributed by atoms with van der Waals surface area (Å²) in [5.74, 6) is 0.544. The molecule has 0 bridgehead atoms. The first-order valence-corrected chi connectivity index (χ1v) is 6.22. The van der Waals surface area contributed by atoms with Crippen molar-refractivity contribution in [2.45, 2.75) is 18.8 Å². The van der Waals surface area contributed by atoms with Gasteiger partial charge >= 0.3 is 0 Å². The normalized spacial score (nSPS) is 17.8. The summed E-state index contributed by atoms with van der Waals surface area (Å²) in [7, 11) is 0. The van der Waals surface area contributed by atoms with Crippen LogP contribution in [0.2, 0.25) is 0 Å². The van der Waals surface area contributed by atoms with E-state index in [1.165, 1.54) is 16.7 Å². The van der Waals surface area contributed by atoms with Gasteiger partial charge in [0.25, 0.3) is 0 Å². The lowest BCUT2D eigenvalue weighted by molar-refractivity contribution is 0.804. The Kier molecular flexibility index (Phi) is 2.79. The summed E-state index contributed by atoms with van der Waals surface area (Å²) in [6, 6.07) is 19.5. The molecule has 0 heteroatoms. The second-order valence-corrected chi connectivity index (χ2v) is 4.63. The van der Waals surface area contributed by atoms with Gasteiger partial charge < -0.3 is 0 Å². The molecule has 2 aromatic carbocycles. The number of hydrogen-bond acceptors (Lipinski definition) is 0. The van der Waals surface area contributed by atoms with Crippen LogP contribution in [0.4, 0.5) is 0 Å². The fourth-order valence-electron chi connectivity index (χ4n) is 2.59. The monoisotopic (exact) mass is 220 g/mol. The molecule has 0 saturated carbocycles. The average Bonchev–Trinajstić information content (AvgIpc) is 2.40. The van der Waals surface area contributed by atoms with Gasteiger partial charge in [-0.05, 0) is 29.5 Å². The lowest BCUT2D eigenvalue weighted by Gasteiger charge is -2.20. The molecular weight excluding hydrogens is 204 g/mol. The van der Waals surface area contributed by atoms with Crippen LogP contribution >= 0.6 is 0 Å². The maximum atomic E-state index is 2.36. The highest BCUT2D eigenvalue weighted by Crippen LogP contribution is 2.29. The standard InChI is InChI=1S/C17H16/c1-2-7-14(8-3-1)13-16-11-6-10-15-9-4-5-12-17(15)16/h1-9,11-12,16H,10,13H2. The quantitative estimate of drug-likeness (QED) is 0.668. The highest BCUT2D eigenvalue weighted by atomic mass is 14.2. The molecule has 0 N–H and O–H groups in total. The summed E-state index contributed by atoms with van der Waals surface area (Å²) >= 11 is 0. The molecule has 0 fully saturated rings. The van der Waals surface area contributed by atoms with E-state index in [2.05, 4.69) is 66.7 Å². The topological polar surface area (TPSA) is 0 Å². The minimum Gasteiger partial charge on any atom is -0.0835 e. The zero-order valence-corrected chi connectivity index (χ0v) is 9.84. The zero-order chi connectivity index (χ0) is 11.5. The van der Waals surface area contributed by atoms with Crippen molar-refractivity contribution in [3.63, 3.8) is 0 Å². The third kappa shape index (κ3) is 2.16. The van der Waals surface area contributed by atoms with E-state index in [1.54, 1.807) is 0 Å². The van der Waals surface area contributed by atoms with Crippen LogP contribution in [-0.2, 0) is 12.8 Å². The van der Waals surface area contributed by atoms with E-state index in [1.807, 2.05) is 0 Å². The van der Waals surface area contributed by atoms with Gasteiger partial charge in [0.2, 0.25) is 0 Å². The third-order valence-electron chi connectivity index (χ3n) is 3.46. The van der Waals surface area contributed by atoms with Crippen molar-refractivity contribution >= 4 is 0 Å². The molecule has 2 aromatic rings. The summed E-state index contributed by atoms with van der Waals surface area (Å²) in [6.45, 7) is 0. The van der Waals surface area contributed by atoms with Crippen LogP contribution in [0.5, 0.6) is 0 Å². The van der Waals surface area contributed by atoms with Gasteiger partial charge in [0.05, 0.1) is 0 Å². The van der Waals surface area contributed by atoms with Gasteiger partial charge in [0.1, 0.15) is 0 Å². The molecule has 0 amide bonds. The predicted molar refractivity (Wildman–Crippen MR) is 72.2 cm³/mol. The van der Waals surface area contributed by atoms with Crippen LogP contribution in [0.25, 0.3) is 0 Å². The number of benzene rings is 2. The van der Waals surface area contributed by atoms with Gasteiger partial charge in [-0.3, -0.25) is 0 Å². The van der Waals surface area contributed by atoms with Crippen molar-refractivity contribution in [1.82, 2.24) is 0 Å². The minimum absolute atomic E-state index is 0.544. The van der Waals surface area contributed by atoms with E-state index in [9.17, 15) is 0 Å². The molecule has 17 heavy (non-hydrogen) atoms. The number of fused-ring (bicyclic) bond motifs is 1. The SMILES string of the molecule is C1=CC(Cc2ccccc2)c2ccccc2C1. The van der Waals surface area contributed by atoms with Gasteiger partial charge in [0, 0.05) is 5.92 Å². The summed E-state index contributed by atoms with van der Waals surface area (Å²) in [4.78, 5) is 0. The largest absolute Gasteiger partial charge is 0.0835 e. The highest BCUT2D eigenvalue weighted by molar-refractivity contribution is 5.39. The van der Waals surface area contributed by atoms with E-state index in [0.29, 0.717) is 5.92 Å². The van der Waals surface area contributed by atoms with Gasteiger partial charge in [-0.1, -0.05) is 66.7 Å². The Balaban J connectivity index is 1.89. The molecule has 84 valence electrons. The Morgan fingerprint density at radius 3 is 2.53 bits per heavy atom. The predicted octanol–water partition coefficient (Wildman–Crippen LogP) is 4.13. The lowest BCUT2D eigenvalue weighted by Crippen LogP contribution is -2.07. The van der Waals surface area contributed by atoms with Crippen molar-refractivity contribution in [3.8, 4) is 0 Å². The summed E-state index contributed by atoms with van der Waals surface area (Å²) in [5.41, 5.74) is 4.40. The molecule has 1 aliphatic carbocycles. The third-order valence-corrected chi connectivity index (χ3v) is 3.46. The molecule has 0 radical (unpaired) electrons. The van der Waals surface area contributed by atoms with Gasteiger partial charge in [-0.25, -0.2) is 0 Å². The van der Waals surface area contributed by atoms with Gasteiger partial charge in [-0.2, -0.15) is 0 Å². The van der Waals surface area contributed by atoms with Crippen molar-refractivity contribution in [3.05, 3.63) is 83.4 Å². The summed E-state index contributed by atoms with van der Waals surface area (Å²) in [5, 5.41) is 0. The Bertz CT molecular complexity index is 523. The molecular formula is C17H16. The molecule has 0 heterocycles. The lowest BCUT2D eigenvalue weighted by atomic mass is 9.84. The van der Waals surface area contributed by atoms with Crippen molar-refractivity contribution in [2.75, 3.05) is 0 Å². The molecule has 0 aromatic heterocycles. The molecule has 0 spiro atoms. The van der Waals surface area contributed by atoms with E-state index in [0.717, 1.165) is 12.8 Å². The molecule has 1 aliphatic rings. The van der Waals surface area contributed by atoms with Crippen LogP contribution in [-0.4, -0.2) is 0 Å². The van der Waals surface area contributed by atoms with Gasteiger partial charge in [-0.15, -0.1) is 0 Å². The zero-order valence-electron chi connectivity index (χ0n) is 9.84. The Hall–Kier alpha value is -1.82. The molecule has 1 atom stereocenters.